The van der Waals surface area contributed by atoms with Gasteiger partial charge in [-0.25, -0.2) is 4.39 Å². The van der Waals surface area contributed by atoms with E-state index in [9.17, 15) is 4.39 Å². The summed E-state index contributed by atoms with van der Waals surface area (Å²) in [6.07, 6.45) is 0. The molecule has 100 valence electrons. The Kier molecular flexibility index (Phi) is 4.97. The lowest BCUT2D eigenvalue weighted by Crippen LogP contribution is -2.18. The molecule has 0 heterocycles. The molecule has 0 aromatic heterocycles. The lowest BCUT2D eigenvalue weighted by atomic mass is 10.1. The summed E-state index contributed by atoms with van der Waals surface area (Å²) in [7, 11) is 0. The lowest BCUT2D eigenvalue weighted by Gasteiger charge is -2.14. The summed E-state index contributed by atoms with van der Waals surface area (Å²) in [4.78, 5) is 0. The van der Waals surface area contributed by atoms with Crippen molar-refractivity contribution < 1.29 is 4.39 Å². The van der Waals surface area contributed by atoms with E-state index in [2.05, 4.69) is 40.3 Å². The quantitative estimate of drug-likeness (QED) is 0.816. The van der Waals surface area contributed by atoms with Crippen molar-refractivity contribution in [1.82, 2.24) is 5.32 Å². The molecule has 2 rings (SSSR count). The minimum atomic E-state index is -0.383. The zero-order valence-corrected chi connectivity index (χ0v) is 12.8. The van der Waals surface area contributed by atoms with Crippen LogP contribution in [0.1, 0.15) is 24.1 Å². The molecule has 0 amide bonds. The van der Waals surface area contributed by atoms with Gasteiger partial charge in [0.1, 0.15) is 5.82 Å². The van der Waals surface area contributed by atoms with Gasteiger partial charge in [0.25, 0.3) is 0 Å². The predicted octanol–water partition coefficient (Wildman–Crippen LogP) is 5.09. The van der Waals surface area contributed by atoms with Crippen LogP contribution in [0.4, 0.5) is 4.39 Å². The fourth-order valence-corrected chi connectivity index (χ4v) is 2.26. The molecule has 0 aliphatic heterocycles. The second-order valence-corrected chi connectivity index (χ2v) is 5.73. The molecule has 0 aliphatic rings. The van der Waals surface area contributed by atoms with E-state index in [1.54, 1.807) is 12.1 Å². The molecule has 0 saturated carbocycles. The van der Waals surface area contributed by atoms with Crippen molar-refractivity contribution in [3.05, 3.63) is 68.9 Å². The van der Waals surface area contributed by atoms with Gasteiger partial charge >= 0.3 is 0 Å². The van der Waals surface area contributed by atoms with Gasteiger partial charge in [-0.15, -0.1) is 0 Å². The summed E-state index contributed by atoms with van der Waals surface area (Å²) in [6, 6.07) is 13.2. The van der Waals surface area contributed by atoms with Gasteiger partial charge in [0.15, 0.2) is 0 Å². The maximum absolute atomic E-state index is 13.0. The maximum Gasteiger partial charge on any atom is 0.141 e. The van der Waals surface area contributed by atoms with Crippen LogP contribution in [-0.4, -0.2) is 0 Å². The van der Waals surface area contributed by atoms with E-state index in [0.29, 0.717) is 6.54 Å². The second kappa shape index (κ2) is 6.51. The van der Waals surface area contributed by atoms with Crippen LogP contribution in [0.2, 0.25) is 5.02 Å². The standard InChI is InChI=1S/C15H14BrClFN/c1-10(12-3-5-13(16)6-4-12)19-9-11-2-7-15(18)14(17)8-11/h2-8,10,19H,9H2,1H3/t10-/m0/s1. The lowest BCUT2D eigenvalue weighted by molar-refractivity contribution is 0.573. The van der Waals surface area contributed by atoms with Gasteiger partial charge in [-0.05, 0) is 42.3 Å². The first kappa shape index (κ1) is 14.5. The summed E-state index contributed by atoms with van der Waals surface area (Å²) in [5, 5.41) is 3.55. The third-order valence-corrected chi connectivity index (χ3v) is 3.78. The fourth-order valence-electron chi connectivity index (χ4n) is 1.79. The van der Waals surface area contributed by atoms with Gasteiger partial charge in [-0.2, -0.15) is 0 Å². The monoisotopic (exact) mass is 341 g/mol. The average Bonchev–Trinajstić information content (AvgIpc) is 2.40. The summed E-state index contributed by atoms with van der Waals surface area (Å²) in [6.45, 7) is 2.74. The Bertz CT molecular complexity index is 557. The molecule has 0 bridgehead atoms. The average molecular weight is 343 g/mol. The topological polar surface area (TPSA) is 12.0 Å². The molecular weight excluding hydrogens is 329 g/mol. The zero-order valence-electron chi connectivity index (χ0n) is 10.5. The van der Waals surface area contributed by atoms with Crippen LogP contribution in [0.3, 0.4) is 0 Å². The molecule has 4 heteroatoms. The number of hydrogen-bond donors (Lipinski definition) is 1. The number of rotatable bonds is 4. The summed E-state index contributed by atoms with van der Waals surface area (Å²) in [5.74, 6) is -0.383. The first-order valence-corrected chi connectivity index (χ1v) is 7.16. The number of hydrogen-bond acceptors (Lipinski definition) is 1. The SMILES string of the molecule is C[C@H](NCc1ccc(F)c(Cl)c1)c1ccc(Br)cc1. The highest BCUT2D eigenvalue weighted by atomic mass is 79.9. The molecule has 2 aromatic carbocycles. The molecule has 0 aliphatic carbocycles. The van der Waals surface area contributed by atoms with Crippen molar-refractivity contribution in [3.8, 4) is 0 Å². The fraction of sp³-hybridized carbons (Fsp3) is 0.200. The Labute approximate surface area is 125 Å². The van der Waals surface area contributed by atoms with Crippen LogP contribution in [0.15, 0.2) is 46.9 Å². The van der Waals surface area contributed by atoms with Gasteiger partial charge < -0.3 is 5.32 Å². The van der Waals surface area contributed by atoms with E-state index in [1.165, 1.54) is 11.6 Å². The van der Waals surface area contributed by atoms with E-state index in [1.807, 2.05) is 12.1 Å². The molecule has 1 atom stereocenters. The van der Waals surface area contributed by atoms with E-state index in [0.717, 1.165) is 10.0 Å². The van der Waals surface area contributed by atoms with Crippen molar-refractivity contribution >= 4 is 27.5 Å². The van der Waals surface area contributed by atoms with Crippen LogP contribution < -0.4 is 5.32 Å². The molecule has 1 N–H and O–H groups in total. The summed E-state index contributed by atoms with van der Waals surface area (Å²) < 4.78 is 14.1. The summed E-state index contributed by atoms with van der Waals surface area (Å²) in [5.41, 5.74) is 2.17. The largest absolute Gasteiger partial charge is 0.306 e. The predicted molar refractivity (Wildman–Crippen MR) is 80.8 cm³/mol. The van der Waals surface area contributed by atoms with Gasteiger partial charge in [0, 0.05) is 17.1 Å². The van der Waals surface area contributed by atoms with Crippen molar-refractivity contribution in [2.75, 3.05) is 0 Å². The van der Waals surface area contributed by atoms with Gasteiger partial charge in [0.2, 0.25) is 0 Å². The van der Waals surface area contributed by atoms with Crippen molar-refractivity contribution in [2.24, 2.45) is 0 Å². The van der Waals surface area contributed by atoms with Crippen LogP contribution >= 0.6 is 27.5 Å². The highest BCUT2D eigenvalue weighted by molar-refractivity contribution is 9.10. The number of halogens is 3. The smallest absolute Gasteiger partial charge is 0.141 e. The highest BCUT2D eigenvalue weighted by Gasteiger charge is 2.06. The molecule has 0 saturated heterocycles. The van der Waals surface area contributed by atoms with Gasteiger partial charge in [0.05, 0.1) is 5.02 Å². The van der Waals surface area contributed by atoms with E-state index < -0.39 is 0 Å². The Balaban J connectivity index is 1.98. The summed E-state index contributed by atoms with van der Waals surface area (Å²) >= 11 is 9.17. The first-order chi connectivity index (χ1) is 9.06. The Morgan fingerprint density at radius 2 is 1.89 bits per heavy atom. The molecular formula is C15H14BrClFN. The van der Waals surface area contributed by atoms with Gasteiger partial charge in [-0.3, -0.25) is 0 Å². The minimum Gasteiger partial charge on any atom is -0.306 e. The normalized spacial score (nSPS) is 12.4. The molecule has 0 radical (unpaired) electrons. The van der Waals surface area contributed by atoms with Crippen molar-refractivity contribution in [3.63, 3.8) is 0 Å². The van der Waals surface area contributed by atoms with Gasteiger partial charge in [-0.1, -0.05) is 45.7 Å². The zero-order chi connectivity index (χ0) is 13.8. The maximum atomic E-state index is 13.0. The van der Waals surface area contributed by atoms with Crippen LogP contribution in [0.25, 0.3) is 0 Å². The van der Waals surface area contributed by atoms with E-state index >= 15 is 0 Å². The van der Waals surface area contributed by atoms with Crippen molar-refractivity contribution in [1.29, 1.82) is 0 Å². The van der Waals surface area contributed by atoms with Crippen LogP contribution in [0, 0.1) is 5.82 Å². The minimum absolute atomic E-state index is 0.163. The van der Waals surface area contributed by atoms with E-state index in [4.69, 9.17) is 11.6 Å². The molecule has 1 nitrogen and oxygen atoms in total. The molecule has 0 spiro atoms. The number of nitrogens with one attached hydrogen (secondary N) is 1. The Morgan fingerprint density at radius 1 is 1.21 bits per heavy atom. The molecule has 2 aromatic rings. The Morgan fingerprint density at radius 3 is 2.53 bits per heavy atom. The van der Waals surface area contributed by atoms with Crippen LogP contribution in [0.5, 0.6) is 0 Å². The third-order valence-electron chi connectivity index (χ3n) is 2.97. The molecule has 0 unspecified atom stereocenters. The second-order valence-electron chi connectivity index (χ2n) is 4.40. The molecule has 0 fully saturated rings. The third kappa shape index (κ3) is 4.03. The molecule has 19 heavy (non-hydrogen) atoms. The van der Waals surface area contributed by atoms with Crippen molar-refractivity contribution in [2.45, 2.75) is 19.5 Å². The highest BCUT2D eigenvalue weighted by Crippen LogP contribution is 2.19. The first-order valence-electron chi connectivity index (χ1n) is 5.99. The number of benzene rings is 2. The Hall–Kier alpha value is -0.900. The van der Waals surface area contributed by atoms with E-state index in [-0.39, 0.29) is 16.9 Å². The van der Waals surface area contributed by atoms with Crippen LogP contribution in [-0.2, 0) is 6.54 Å².